The Morgan fingerprint density at radius 3 is 2.54 bits per heavy atom. The molecular formula is C6H8N4O3. The van der Waals surface area contributed by atoms with Gasteiger partial charge in [0.05, 0.1) is 0 Å². The van der Waals surface area contributed by atoms with E-state index >= 15 is 0 Å². The van der Waals surface area contributed by atoms with Crippen molar-refractivity contribution < 1.29 is 14.4 Å². The number of carbonyl (C=O) groups excluding carboxylic acids is 2. The zero-order valence-corrected chi connectivity index (χ0v) is 7.12. The molecule has 3 amide bonds. The lowest BCUT2D eigenvalue weighted by molar-refractivity contribution is -0.113. The third kappa shape index (κ3) is 3.71. The number of hydrogen-bond donors (Lipinski definition) is 2. The van der Waals surface area contributed by atoms with Crippen LogP contribution in [0.3, 0.4) is 0 Å². The van der Waals surface area contributed by atoms with Gasteiger partial charge in [-0.15, -0.1) is 0 Å². The number of nitrogens with zero attached hydrogens (tertiary/aromatic N) is 2. The van der Waals surface area contributed by atoms with Gasteiger partial charge in [-0.3, -0.25) is 10.1 Å². The summed E-state index contributed by atoms with van der Waals surface area (Å²) in [4.78, 5) is 25.7. The molecule has 0 aliphatic carbocycles. The van der Waals surface area contributed by atoms with Crippen LogP contribution < -0.4 is 10.6 Å². The highest BCUT2D eigenvalue weighted by Gasteiger charge is 2.13. The number of nitrogens with one attached hydrogen (secondary N) is 2. The molecular weight excluding hydrogens is 176 g/mol. The van der Waals surface area contributed by atoms with E-state index in [1.54, 1.807) is 0 Å². The van der Waals surface area contributed by atoms with Crippen molar-refractivity contribution in [2.24, 2.45) is 5.16 Å². The van der Waals surface area contributed by atoms with Crippen molar-refractivity contribution in [2.75, 3.05) is 14.2 Å². The van der Waals surface area contributed by atoms with Gasteiger partial charge in [0.1, 0.15) is 13.2 Å². The van der Waals surface area contributed by atoms with Crippen LogP contribution >= 0.6 is 0 Å². The lowest BCUT2D eigenvalue weighted by atomic mass is 10.4. The Balaban J connectivity index is 4.34. The minimum absolute atomic E-state index is 0.522. The van der Waals surface area contributed by atoms with Gasteiger partial charge in [0.2, 0.25) is 5.71 Å². The number of carbonyl (C=O) groups is 2. The minimum atomic E-state index is -0.913. The highest BCUT2D eigenvalue weighted by molar-refractivity contribution is 6.46. The van der Waals surface area contributed by atoms with E-state index in [-0.39, 0.29) is 0 Å². The molecule has 0 radical (unpaired) electrons. The second-order valence-electron chi connectivity index (χ2n) is 1.77. The molecule has 0 aliphatic heterocycles. The molecule has 0 aliphatic rings. The number of nitriles is 1. The summed E-state index contributed by atoms with van der Waals surface area (Å²) in [5.41, 5.74) is -0.522. The average Bonchev–Trinajstić information content (AvgIpc) is 2.13. The van der Waals surface area contributed by atoms with E-state index in [9.17, 15) is 9.59 Å². The smallest absolute Gasteiger partial charge is 0.321 e. The molecule has 0 unspecified atom stereocenters. The van der Waals surface area contributed by atoms with E-state index in [1.807, 2.05) is 5.32 Å². The fourth-order valence-corrected chi connectivity index (χ4v) is 0.429. The largest absolute Gasteiger partial charge is 0.398 e. The molecule has 0 spiro atoms. The van der Waals surface area contributed by atoms with Gasteiger partial charge in [-0.2, -0.15) is 5.26 Å². The van der Waals surface area contributed by atoms with Crippen LogP contribution in [0.4, 0.5) is 4.79 Å². The van der Waals surface area contributed by atoms with Crippen LogP contribution in [-0.2, 0) is 9.63 Å². The first-order valence-electron chi connectivity index (χ1n) is 3.20. The predicted molar refractivity (Wildman–Crippen MR) is 42.7 cm³/mol. The van der Waals surface area contributed by atoms with E-state index in [2.05, 4.69) is 15.3 Å². The number of rotatable bonds is 2. The first-order valence-corrected chi connectivity index (χ1v) is 3.20. The number of amides is 3. The van der Waals surface area contributed by atoms with Crippen molar-refractivity contribution in [1.29, 1.82) is 5.26 Å². The summed E-state index contributed by atoms with van der Waals surface area (Å²) in [5.74, 6) is -0.913. The van der Waals surface area contributed by atoms with Gasteiger partial charge in [0, 0.05) is 7.05 Å². The van der Waals surface area contributed by atoms with Gasteiger partial charge < -0.3 is 10.2 Å². The Morgan fingerprint density at radius 1 is 1.54 bits per heavy atom. The van der Waals surface area contributed by atoms with Gasteiger partial charge in [-0.05, 0) is 0 Å². The van der Waals surface area contributed by atoms with Gasteiger partial charge in [0.25, 0.3) is 5.91 Å². The van der Waals surface area contributed by atoms with Crippen molar-refractivity contribution in [2.45, 2.75) is 0 Å². The summed E-state index contributed by atoms with van der Waals surface area (Å²) in [7, 11) is 2.52. The standard InChI is InChI=1S/C6H8N4O3/c1-8-6(12)9-5(11)4(3-7)10-13-2/h1-2H3,(H2,8,9,11,12). The zero-order valence-electron chi connectivity index (χ0n) is 7.12. The maximum absolute atomic E-state index is 10.9. The lowest BCUT2D eigenvalue weighted by Crippen LogP contribution is -2.40. The molecule has 0 atom stereocenters. The van der Waals surface area contributed by atoms with Crippen LogP contribution in [0, 0.1) is 11.3 Å². The van der Waals surface area contributed by atoms with Crippen molar-refractivity contribution in [1.82, 2.24) is 10.6 Å². The summed E-state index contributed by atoms with van der Waals surface area (Å²) in [6.07, 6.45) is 0. The van der Waals surface area contributed by atoms with E-state index in [1.165, 1.54) is 20.2 Å². The molecule has 7 heteroatoms. The average molecular weight is 184 g/mol. The van der Waals surface area contributed by atoms with Crippen LogP contribution in [0.25, 0.3) is 0 Å². The molecule has 0 aromatic carbocycles. The summed E-state index contributed by atoms with van der Waals surface area (Å²) in [6.45, 7) is 0. The fraction of sp³-hybridized carbons (Fsp3) is 0.333. The molecule has 0 rings (SSSR count). The number of oxime groups is 1. The van der Waals surface area contributed by atoms with Crippen LogP contribution in [0.2, 0.25) is 0 Å². The zero-order chi connectivity index (χ0) is 10.3. The second kappa shape index (κ2) is 5.54. The Kier molecular flexibility index (Phi) is 4.64. The van der Waals surface area contributed by atoms with Gasteiger partial charge in [-0.1, -0.05) is 5.16 Å². The lowest BCUT2D eigenvalue weighted by Gasteiger charge is -1.99. The van der Waals surface area contributed by atoms with E-state index < -0.39 is 17.6 Å². The molecule has 0 saturated heterocycles. The molecule has 13 heavy (non-hydrogen) atoms. The number of imide groups is 1. The predicted octanol–water partition coefficient (Wildman–Crippen LogP) is -1.03. The van der Waals surface area contributed by atoms with Crippen LogP contribution in [-0.4, -0.2) is 31.8 Å². The van der Waals surface area contributed by atoms with E-state index in [0.29, 0.717) is 0 Å². The highest BCUT2D eigenvalue weighted by Crippen LogP contribution is 1.79. The van der Waals surface area contributed by atoms with Gasteiger partial charge >= 0.3 is 6.03 Å². The highest BCUT2D eigenvalue weighted by atomic mass is 16.6. The molecule has 70 valence electrons. The van der Waals surface area contributed by atoms with Gasteiger partial charge in [0.15, 0.2) is 0 Å². The van der Waals surface area contributed by atoms with E-state index in [4.69, 9.17) is 5.26 Å². The van der Waals surface area contributed by atoms with Crippen LogP contribution in [0.1, 0.15) is 0 Å². The summed E-state index contributed by atoms with van der Waals surface area (Å²) >= 11 is 0. The minimum Gasteiger partial charge on any atom is -0.398 e. The molecule has 7 nitrogen and oxygen atoms in total. The third-order valence-electron chi connectivity index (χ3n) is 0.958. The Morgan fingerprint density at radius 2 is 2.15 bits per heavy atom. The van der Waals surface area contributed by atoms with Crippen LogP contribution in [0.15, 0.2) is 5.16 Å². The Hall–Kier alpha value is -2.10. The van der Waals surface area contributed by atoms with Crippen LogP contribution in [0.5, 0.6) is 0 Å². The maximum Gasteiger partial charge on any atom is 0.321 e. The SMILES string of the molecule is CNC(=O)NC(=O)C(C#N)=NOC. The topological polar surface area (TPSA) is 104 Å². The van der Waals surface area contributed by atoms with E-state index in [0.717, 1.165) is 0 Å². The van der Waals surface area contributed by atoms with Gasteiger partial charge in [-0.25, -0.2) is 4.79 Å². The molecule has 0 aromatic heterocycles. The van der Waals surface area contributed by atoms with Crippen molar-refractivity contribution in [3.05, 3.63) is 0 Å². The number of urea groups is 1. The molecule has 2 N–H and O–H groups in total. The summed E-state index contributed by atoms with van der Waals surface area (Å²) < 4.78 is 0. The fourth-order valence-electron chi connectivity index (χ4n) is 0.429. The summed E-state index contributed by atoms with van der Waals surface area (Å²) in [5, 5.41) is 15.4. The second-order valence-corrected chi connectivity index (χ2v) is 1.77. The molecule has 0 fully saturated rings. The van der Waals surface area contributed by atoms with Crippen molar-refractivity contribution in [3.8, 4) is 6.07 Å². The number of hydrogen-bond acceptors (Lipinski definition) is 5. The maximum atomic E-state index is 10.9. The normalized spacial score (nSPS) is 9.77. The monoisotopic (exact) mass is 184 g/mol. The van der Waals surface area contributed by atoms with Crippen molar-refractivity contribution in [3.63, 3.8) is 0 Å². The Bertz CT molecular complexity index is 278. The molecule has 0 heterocycles. The quantitative estimate of drug-likeness (QED) is 0.422. The van der Waals surface area contributed by atoms with Crippen molar-refractivity contribution >= 4 is 17.6 Å². The molecule has 0 aromatic rings. The first kappa shape index (κ1) is 10.9. The Labute approximate surface area is 74.3 Å². The third-order valence-corrected chi connectivity index (χ3v) is 0.958. The first-order chi connectivity index (χ1) is 6.15. The summed E-state index contributed by atoms with van der Waals surface area (Å²) in [6, 6.07) is 0.747. The molecule has 0 saturated carbocycles. The molecule has 0 bridgehead atoms.